The topological polar surface area (TPSA) is 52.6 Å². The fraction of sp³-hybridized carbons (Fsp3) is 0.632. The van der Waals surface area contributed by atoms with E-state index in [1.807, 2.05) is 13.8 Å². The van der Waals surface area contributed by atoms with Gasteiger partial charge in [0.2, 0.25) is 5.91 Å². The van der Waals surface area contributed by atoms with Crippen molar-refractivity contribution in [3.63, 3.8) is 0 Å². The molecular formula is C19H32N2O2. The number of anilines is 1. The van der Waals surface area contributed by atoms with E-state index >= 15 is 0 Å². The van der Waals surface area contributed by atoms with Gasteiger partial charge in [-0.3, -0.25) is 9.69 Å². The summed E-state index contributed by atoms with van der Waals surface area (Å²) in [6.45, 7) is 14.6. The number of aliphatic hydroxyl groups excluding tert-OH is 1. The van der Waals surface area contributed by atoms with E-state index in [2.05, 4.69) is 50.0 Å². The number of aryl methyl sites for hydroxylation is 3. The molecule has 1 aromatic rings. The van der Waals surface area contributed by atoms with Gasteiger partial charge in [-0.15, -0.1) is 0 Å². The zero-order chi connectivity index (χ0) is 17.6. The third kappa shape index (κ3) is 7.14. The van der Waals surface area contributed by atoms with Crippen molar-refractivity contribution in [1.82, 2.24) is 4.90 Å². The highest BCUT2D eigenvalue weighted by Crippen LogP contribution is 2.22. The molecule has 0 atom stereocenters. The Kier molecular flexibility index (Phi) is 7.23. The maximum atomic E-state index is 12.4. The Bertz CT molecular complexity index is 510. The second-order valence-electron chi connectivity index (χ2n) is 7.67. The normalized spacial score (nSPS) is 11.8. The van der Waals surface area contributed by atoms with Crippen molar-refractivity contribution >= 4 is 11.6 Å². The molecule has 0 heterocycles. The van der Waals surface area contributed by atoms with Gasteiger partial charge in [0.25, 0.3) is 0 Å². The third-order valence-electron chi connectivity index (χ3n) is 3.64. The second kappa shape index (κ2) is 8.46. The Morgan fingerprint density at radius 1 is 1.17 bits per heavy atom. The first-order chi connectivity index (χ1) is 10.6. The molecule has 1 amide bonds. The number of carbonyl (C=O) groups excluding carboxylic acids is 1. The largest absolute Gasteiger partial charge is 0.396 e. The lowest BCUT2D eigenvalue weighted by Crippen LogP contribution is -2.39. The number of nitrogens with zero attached hydrogens (tertiary/aromatic N) is 1. The number of carbonyl (C=O) groups is 1. The van der Waals surface area contributed by atoms with Crippen LogP contribution in [0.2, 0.25) is 0 Å². The first-order valence-electron chi connectivity index (χ1n) is 8.33. The zero-order valence-electron chi connectivity index (χ0n) is 15.5. The van der Waals surface area contributed by atoms with E-state index in [9.17, 15) is 4.79 Å². The van der Waals surface area contributed by atoms with Gasteiger partial charge in [-0.25, -0.2) is 0 Å². The maximum absolute atomic E-state index is 12.4. The van der Waals surface area contributed by atoms with Crippen LogP contribution in [0, 0.1) is 26.2 Å². The Hall–Kier alpha value is -1.39. The molecule has 130 valence electrons. The third-order valence-corrected chi connectivity index (χ3v) is 3.64. The summed E-state index contributed by atoms with van der Waals surface area (Å²) in [5.74, 6) is 0.00208. The standard InChI is InChI=1S/C19H32N2O2/c1-14-10-15(2)18(16(3)11-14)20-17(23)12-21(8-7-9-22)13-19(4,5)6/h10-11,22H,7-9,12-13H2,1-6H3,(H,20,23). The van der Waals surface area contributed by atoms with Crippen LogP contribution in [-0.2, 0) is 4.79 Å². The summed E-state index contributed by atoms with van der Waals surface area (Å²) in [6, 6.07) is 4.17. The maximum Gasteiger partial charge on any atom is 0.238 e. The van der Waals surface area contributed by atoms with E-state index < -0.39 is 0 Å². The molecule has 0 saturated carbocycles. The quantitative estimate of drug-likeness (QED) is 0.810. The predicted molar refractivity (Wildman–Crippen MR) is 96.9 cm³/mol. The SMILES string of the molecule is Cc1cc(C)c(NC(=O)CN(CCCO)CC(C)(C)C)c(C)c1. The number of hydrogen-bond donors (Lipinski definition) is 2. The summed E-state index contributed by atoms with van der Waals surface area (Å²) < 4.78 is 0. The molecule has 0 unspecified atom stereocenters. The molecule has 1 aromatic carbocycles. The number of benzene rings is 1. The van der Waals surface area contributed by atoms with Gasteiger partial charge in [0.15, 0.2) is 0 Å². The molecule has 4 nitrogen and oxygen atoms in total. The number of hydrogen-bond acceptors (Lipinski definition) is 3. The molecular weight excluding hydrogens is 288 g/mol. The van der Waals surface area contributed by atoms with E-state index in [-0.39, 0.29) is 17.9 Å². The average molecular weight is 320 g/mol. The van der Waals surface area contributed by atoms with E-state index in [1.165, 1.54) is 5.56 Å². The van der Waals surface area contributed by atoms with Gasteiger partial charge in [0.1, 0.15) is 0 Å². The minimum atomic E-state index is 0.00208. The molecule has 23 heavy (non-hydrogen) atoms. The summed E-state index contributed by atoms with van der Waals surface area (Å²) in [7, 11) is 0. The van der Waals surface area contributed by atoms with E-state index in [1.54, 1.807) is 0 Å². The summed E-state index contributed by atoms with van der Waals surface area (Å²) in [4.78, 5) is 14.6. The molecule has 0 fully saturated rings. The Morgan fingerprint density at radius 3 is 2.22 bits per heavy atom. The van der Waals surface area contributed by atoms with Crippen LogP contribution < -0.4 is 5.32 Å². The van der Waals surface area contributed by atoms with E-state index in [4.69, 9.17) is 5.11 Å². The molecule has 0 spiro atoms. The average Bonchev–Trinajstić information content (AvgIpc) is 2.38. The van der Waals surface area contributed by atoms with Crippen LogP contribution in [0.3, 0.4) is 0 Å². The lowest BCUT2D eigenvalue weighted by molar-refractivity contribution is -0.117. The molecule has 0 bridgehead atoms. The first kappa shape index (κ1) is 19.7. The van der Waals surface area contributed by atoms with Crippen molar-refractivity contribution < 1.29 is 9.90 Å². The Labute approximate surface area is 140 Å². The Balaban J connectivity index is 2.75. The van der Waals surface area contributed by atoms with E-state index in [0.717, 1.165) is 29.9 Å². The van der Waals surface area contributed by atoms with Crippen molar-refractivity contribution in [2.45, 2.75) is 48.0 Å². The van der Waals surface area contributed by atoms with Gasteiger partial charge < -0.3 is 10.4 Å². The van der Waals surface area contributed by atoms with Crippen molar-refractivity contribution in [2.24, 2.45) is 5.41 Å². The minimum Gasteiger partial charge on any atom is -0.396 e. The van der Waals surface area contributed by atoms with Gasteiger partial charge in [-0.2, -0.15) is 0 Å². The van der Waals surface area contributed by atoms with Crippen LogP contribution in [0.4, 0.5) is 5.69 Å². The molecule has 2 N–H and O–H groups in total. The minimum absolute atomic E-state index is 0.00208. The van der Waals surface area contributed by atoms with Gasteiger partial charge in [-0.1, -0.05) is 38.5 Å². The van der Waals surface area contributed by atoms with Crippen molar-refractivity contribution in [3.8, 4) is 0 Å². The number of nitrogens with one attached hydrogen (secondary N) is 1. The van der Waals surface area contributed by atoms with E-state index in [0.29, 0.717) is 13.0 Å². The predicted octanol–water partition coefficient (Wildman–Crippen LogP) is 3.28. The molecule has 4 heteroatoms. The Morgan fingerprint density at radius 2 is 1.74 bits per heavy atom. The molecule has 0 aliphatic carbocycles. The molecule has 1 rings (SSSR count). The fourth-order valence-corrected chi connectivity index (χ4v) is 2.94. The fourth-order valence-electron chi connectivity index (χ4n) is 2.94. The highest BCUT2D eigenvalue weighted by molar-refractivity contribution is 5.93. The lowest BCUT2D eigenvalue weighted by atomic mass is 9.96. The van der Waals surface area contributed by atoms with Gasteiger partial charge in [0, 0.05) is 25.4 Å². The second-order valence-corrected chi connectivity index (χ2v) is 7.67. The smallest absolute Gasteiger partial charge is 0.238 e. The van der Waals surface area contributed by atoms with Crippen LogP contribution in [-0.4, -0.2) is 42.2 Å². The summed E-state index contributed by atoms with van der Waals surface area (Å²) in [5, 5.41) is 12.1. The molecule has 0 aliphatic heterocycles. The van der Waals surface area contributed by atoms with Gasteiger partial charge >= 0.3 is 0 Å². The highest BCUT2D eigenvalue weighted by atomic mass is 16.3. The van der Waals surface area contributed by atoms with Crippen molar-refractivity contribution in [1.29, 1.82) is 0 Å². The van der Waals surface area contributed by atoms with Crippen LogP contribution >= 0.6 is 0 Å². The summed E-state index contributed by atoms with van der Waals surface area (Å²) in [6.07, 6.45) is 0.686. The molecule has 0 radical (unpaired) electrons. The summed E-state index contributed by atoms with van der Waals surface area (Å²) in [5.41, 5.74) is 4.42. The molecule has 0 aromatic heterocycles. The molecule has 0 aliphatic rings. The summed E-state index contributed by atoms with van der Waals surface area (Å²) >= 11 is 0. The monoisotopic (exact) mass is 320 g/mol. The number of amides is 1. The van der Waals surface area contributed by atoms with Crippen molar-refractivity contribution in [2.75, 3.05) is 31.6 Å². The van der Waals surface area contributed by atoms with Gasteiger partial charge in [0.05, 0.1) is 6.54 Å². The van der Waals surface area contributed by atoms with Crippen LogP contribution in [0.1, 0.15) is 43.9 Å². The van der Waals surface area contributed by atoms with Crippen LogP contribution in [0.25, 0.3) is 0 Å². The molecule has 0 saturated heterocycles. The zero-order valence-corrected chi connectivity index (χ0v) is 15.5. The van der Waals surface area contributed by atoms with Crippen LogP contribution in [0.15, 0.2) is 12.1 Å². The first-order valence-corrected chi connectivity index (χ1v) is 8.33. The van der Waals surface area contributed by atoms with Crippen molar-refractivity contribution in [3.05, 3.63) is 28.8 Å². The number of aliphatic hydroxyl groups is 1. The van der Waals surface area contributed by atoms with Crippen LogP contribution in [0.5, 0.6) is 0 Å². The highest BCUT2D eigenvalue weighted by Gasteiger charge is 2.19. The number of rotatable bonds is 7. The lowest BCUT2D eigenvalue weighted by Gasteiger charge is -2.29. The van der Waals surface area contributed by atoms with Gasteiger partial charge in [-0.05, 0) is 43.7 Å².